The number of nitrogens with one attached hydrogen (secondary N) is 1. The van der Waals surface area contributed by atoms with Gasteiger partial charge in [0.15, 0.2) is 5.82 Å². The molecular formula is C15H16FN3. The normalized spacial score (nSPS) is 14.6. The summed E-state index contributed by atoms with van der Waals surface area (Å²) in [7, 11) is 0. The summed E-state index contributed by atoms with van der Waals surface area (Å²) in [5.41, 5.74) is 2.71. The van der Waals surface area contributed by atoms with Gasteiger partial charge in [0.25, 0.3) is 0 Å². The first-order valence-electron chi connectivity index (χ1n) is 6.54. The fourth-order valence-electron chi connectivity index (χ4n) is 2.04. The van der Waals surface area contributed by atoms with Crippen LogP contribution in [-0.2, 0) is 6.54 Å². The Labute approximate surface area is 111 Å². The summed E-state index contributed by atoms with van der Waals surface area (Å²) in [4.78, 5) is 8.82. The average molecular weight is 257 g/mol. The minimum Gasteiger partial charge on any atom is -0.308 e. The van der Waals surface area contributed by atoms with Crippen molar-refractivity contribution in [3.63, 3.8) is 0 Å². The van der Waals surface area contributed by atoms with Crippen molar-refractivity contribution >= 4 is 0 Å². The van der Waals surface area contributed by atoms with E-state index in [0.717, 1.165) is 23.4 Å². The Morgan fingerprint density at radius 3 is 2.89 bits per heavy atom. The highest BCUT2D eigenvalue weighted by Gasteiger charge is 2.20. The van der Waals surface area contributed by atoms with Gasteiger partial charge in [-0.25, -0.2) is 14.4 Å². The summed E-state index contributed by atoms with van der Waals surface area (Å²) < 4.78 is 13.1. The monoisotopic (exact) mass is 257 g/mol. The topological polar surface area (TPSA) is 37.8 Å². The lowest BCUT2D eigenvalue weighted by molar-refractivity contribution is 0.627. The van der Waals surface area contributed by atoms with Crippen LogP contribution in [-0.4, -0.2) is 16.0 Å². The van der Waals surface area contributed by atoms with Crippen molar-refractivity contribution in [3.05, 3.63) is 47.5 Å². The number of aromatic nitrogens is 2. The summed E-state index contributed by atoms with van der Waals surface area (Å²) >= 11 is 0. The Hall–Kier alpha value is -1.81. The molecule has 0 saturated heterocycles. The third-order valence-corrected chi connectivity index (χ3v) is 3.29. The second-order valence-electron chi connectivity index (χ2n) is 4.99. The van der Waals surface area contributed by atoms with Crippen molar-refractivity contribution in [1.29, 1.82) is 0 Å². The van der Waals surface area contributed by atoms with Crippen molar-refractivity contribution in [1.82, 2.24) is 15.3 Å². The molecule has 0 unspecified atom stereocenters. The molecule has 3 rings (SSSR count). The summed E-state index contributed by atoms with van der Waals surface area (Å²) in [5.74, 6) is 0.431. The van der Waals surface area contributed by atoms with Crippen LogP contribution in [0.5, 0.6) is 0 Å². The molecule has 98 valence electrons. The standard InChI is InChI=1S/C15H16FN3/c1-10-8-11(16)2-5-14(10)15-17-7-6-13(19-15)9-18-12-3-4-12/h2,5-8,12,18H,3-4,9H2,1H3. The number of nitrogens with zero attached hydrogens (tertiary/aromatic N) is 2. The smallest absolute Gasteiger partial charge is 0.159 e. The number of aryl methyl sites for hydroxylation is 1. The predicted octanol–water partition coefficient (Wildman–Crippen LogP) is 2.84. The third kappa shape index (κ3) is 2.96. The zero-order valence-corrected chi connectivity index (χ0v) is 10.9. The number of hydrogen-bond donors (Lipinski definition) is 1. The molecule has 1 N–H and O–H groups in total. The van der Waals surface area contributed by atoms with Gasteiger partial charge in [-0.1, -0.05) is 0 Å². The molecule has 0 bridgehead atoms. The number of rotatable bonds is 4. The lowest BCUT2D eigenvalue weighted by Crippen LogP contribution is -2.16. The summed E-state index contributed by atoms with van der Waals surface area (Å²) in [5, 5.41) is 3.43. The van der Waals surface area contributed by atoms with Crippen LogP contribution in [0.25, 0.3) is 11.4 Å². The van der Waals surface area contributed by atoms with E-state index in [9.17, 15) is 4.39 Å². The first-order valence-corrected chi connectivity index (χ1v) is 6.54. The van der Waals surface area contributed by atoms with Gasteiger partial charge < -0.3 is 5.32 Å². The number of halogens is 1. The molecule has 1 aliphatic carbocycles. The highest BCUT2D eigenvalue weighted by molar-refractivity contribution is 5.59. The molecule has 1 fully saturated rings. The third-order valence-electron chi connectivity index (χ3n) is 3.29. The highest BCUT2D eigenvalue weighted by Crippen LogP contribution is 2.21. The fraction of sp³-hybridized carbons (Fsp3) is 0.333. The molecule has 1 aromatic carbocycles. The van der Waals surface area contributed by atoms with Crippen LogP contribution in [0.15, 0.2) is 30.5 Å². The molecule has 0 atom stereocenters. The van der Waals surface area contributed by atoms with E-state index in [1.54, 1.807) is 12.3 Å². The van der Waals surface area contributed by atoms with Gasteiger partial charge in [0.05, 0.1) is 5.69 Å². The van der Waals surface area contributed by atoms with Gasteiger partial charge in [-0.2, -0.15) is 0 Å². The van der Waals surface area contributed by atoms with Gasteiger partial charge in [-0.3, -0.25) is 0 Å². The first kappa shape index (κ1) is 12.2. The van der Waals surface area contributed by atoms with Crippen molar-refractivity contribution in [3.8, 4) is 11.4 Å². The van der Waals surface area contributed by atoms with E-state index in [1.165, 1.54) is 25.0 Å². The van der Waals surface area contributed by atoms with Crippen LogP contribution in [0.3, 0.4) is 0 Å². The van der Waals surface area contributed by atoms with E-state index in [4.69, 9.17) is 0 Å². The molecule has 1 aromatic heterocycles. The van der Waals surface area contributed by atoms with Crippen LogP contribution >= 0.6 is 0 Å². The Morgan fingerprint density at radius 1 is 1.32 bits per heavy atom. The first-order chi connectivity index (χ1) is 9.22. The van der Waals surface area contributed by atoms with E-state index >= 15 is 0 Å². The van der Waals surface area contributed by atoms with Crippen molar-refractivity contribution in [2.45, 2.75) is 32.4 Å². The summed E-state index contributed by atoms with van der Waals surface area (Å²) in [6, 6.07) is 7.26. The Bertz CT molecular complexity index is 594. The van der Waals surface area contributed by atoms with Crippen LogP contribution in [0, 0.1) is 12.7 Å². The van der Waals surface area contributed by atoms with Gasteiger partial charge in [0, 0.05) is 24.3 Å². The largest absolute Gasteiger partial charge is 0.308 e. The van der Waals surface area contributed by atoms with Crippen molar-refractivity contribution in [2.75, 3.05) is 0 Å². The zero-order valence-electron chi connectivity index (χ0n) is 10.9. The van der Waals surface area contributed by atoms with E-state index in [-0.39, 0.29) is 5.82 Å². The van der Waals surface area contributed by atoms with E-state index in [0.29, 0.717) is 11.9 Å². The van der Waals surface area contributed by atoms with Gasteiger partial charge in [-0.05, 0) is 49.6 Å². The van der Waals surface area contributed by atoms with E-state index in [1.807, 2.05) is 13.0 Å². The van der Waals surface area contributed by atoms with Crippen LogP contribution in [0.2, 0.25) is 0 Å². The summed E-state index contributed by atoms with van der Waals surface area (Å²) in [6.45, 7) is 2.64. The molecule has 4 heteroatoms. The minimum atomic E-state index is -0.229. The molecule has 0 spiro atoms. The maximum Gasteiger partial charge on any atom is 0.159 e. The molecule has 0 aliphatic heterocycles. The molecule has 19 heavy (non-hydrogen) atoms. The summed E-state index contributed by atoms with van der Waals surface area (Å²) in [6.07, 6.45) is 4.28. The Kier molecular flexibility index (Phi) is 3.25. The van der Waals surface area contributed by atoms with Crippen LogP contribution in [0.1, 0.15) is 24.1 Å². The van der Waals surface area contributed by atoms with E-state index < -0.39 is 0 Å². The lowest BCUT2D eigenvalue weighted by atomic mass is 10.1. The van der Waals surface area contributed by atoms with Gasteiger partial charge in [0.2, 0.25) is 0 Å². The minimum absolute atomic E-state index is 0.229. The Balaban J connectivity index is 1.84. The fourth-order valence-corrected chi connectivity index (χ4v) is 2.04. The molecule has 1 aliphatic rings. The Morgan fingerprint density at radius 2 is 2.16 bits per heavy atom. The molecule has 1 heterocycles. The maximum absolute atomic E-state index is 13.1. The zero-order chi connectivity index (χ0) is 13.2. The van der Waals surface area contributed by atoms with Gasteiger partial charge in [-0.15, -0.1) is 0 Å². The number of benzene rings is 1. The second-order valence-corrected chi connectivity index (χ2v) is 4.99. The average Bonchev–Trinajstić information content (AvgIpc) is 3.21. The maximum atomic E-state index is 13.1. The van der Waals surface area contributed by atoms with E-state index in [2.05, 4.69) is 15.3 Å². The highest BCUT2D eigenvalue weighted by atomic mass is 19.1. The molecule has 2 aromatic rings. The molecular weight excluding hydrogens is 241 g/mol. The molecule has 1 saturated carbocycles. The van der Waals surface area contributed by atoms with Crippen LogP contribution in [0.4, 0.5) is 4.39 Å². The second kappa shape index (κ2) is 5.05. The molecule has 3 nitrogen and oxygen atoms in total. The van der Waals surface area contributed by atoms with Gasteiger partial charge in [0.1, 0.15) is 5.82 Å². The lowest BCUT2D eigenvalue weighted by Gasteiger charge is -2.07. The molecule has 0 radical (unpaired) electrons. The quantitative estimate of drug-likeness (QED) is 0.915. The van der Waals surface area contributed by atoms with Crippen molar-refractivity contribution < 1.29 is 4.39 Å². The SMILES string of the molecule is Cc1cc(F)ccc1-c1nccc(CNC2CC2)n1. The predicted molar refractivity (Wildman–Crippen MR) is 72.0 cm³/mol. The van der Waals surface area contributed by atoms with Crippen LogP contribution < -0.4 is 5.32 Å². The van der Waals surface area contributed by atoms with Gasteiger partial charge >= 0.3 is 0 Å². The molecule has 0 amide bonds. The number of hydrogen-bond acceptors (Lipinski definition) is 3. The van der Waals surface area contributed by atoms with Crippen molar-refractivity contribution in [2.24, 2.45) is 0 Å².